The minimum absolute atomic E-state index is 0.139. The van der Waals surface area contributed by atoms with Crippen LogP contribution in [0.4, 0.5) is 4.39 Å². The third-order valence-electron chi connectivity index (χ3n) is 2.21. The topological polar surface area (TPSA) is 127 Å². The van der Waals surface area contributed by atoms with Gasteiger partial charge in [-0.05, 0) is 24.6 Å². The third kappa shape index (κ3) is 3.48. The van der Waals surface area contributed by atoms with Gasteiger partial charge in [0.15, 0.2) is 0 Å². The van der Waals surface area contributed by atoms with Gasteiger partial charge in [-0.25, -0.2) is 22.3 Å². The van der Waals surface area contributed by atoms with E-state index in [1.165, 1.54) is 6.92 Å². The molecule has 0 radical (unpaired) electrons. The summed E-state index contributed by atoms with van der Waals surface area (Å²) in [5.74, 6) is -3.50. The highest BCUT2D eigenvalue weighted by Gasteiger charge is 2.21. The fourth-order valence-corrected chi connectivity index (χ4v) is 2.40. The molecular weight excluding hydrogens is 279 g/mol. The Morgan fingerprint density at radius 3 is 2.47 bits per heavy atom. The molecule has 7 nitrogen and oxygen atoms in total. The number of nitrogens with two attached hydrogens (primary N) is 1. The van der Waals surface area contributed by atoms with Crippen molar-refractivity contribution in [3.05, 3.63) is 29.1 Å². The second-order valence-electron chi connectivity index (χ2n) is 3.70. The fourth-order valence-electron chi connectivity index (χ4n) is 1.30. The first kappa shape index (κ1) is 15.1. The molecule has 0 fully saturated rings. The Bertz CT molecular complexity index is 642. The van der Waals surface area contributed by atoms with Crippen LogP contribution in [-0.4, -0.2) is 31.9 Å². The van der Waals surface area contributed by atoms with Crippen LogP contribution in [0.25, 0.3) is 0 Å². The Kier molecular flexibility index (Phi) is 4.22. The second kappa shape index (κ2) is 5.33. The number of primary amides is 1. The highest BCUT2D eigenvalue weighted by atomic mass is 32.2. The lowest BCUT2D eigenvalue weighted by molar-refractivity contribution is -0.116. The van der Waals surface area contributed by atoms with Crippen LogP contribution >= 0.6 is 0 Å². The zero-order chi connectivity index (χ0) is 14.8. The van der Waals surface area contributed by atoms with Crippen molar-refractivity contribution in [3.8, 4) is 0 Å². The van der Waals surface area contributed by atoms with E-state index in [0.717, 1.165) is 6.07 Å². The summed E-state index contributed by atoms with van der Waals surface area (Å²) in [7, 11) is -4.13. The molecule has 0 atom stereocenters. The number of amides is 1. The number of nitrogens with one attached hydrogen (secondary N) is 1. The average molecular weight is 290 g/mol. The molecule has 1 aromatic carbocycles. The summed E-state index contributed by atoms with van der Waals surface area (Å²) in [5, 5.41) is 8.77. The Labute approximate surface area is 108 Å². The van der Waals surface area contributed by atoms with Crippen molar-refractivity contribution < 1.29 is 27.5 Å². The second-order valence-corrected chi connectivity index (χ2v) is 5.46. The van der Waals surface area contributed by atoms with Gasteiger partial charge in [-0.2, -0.15) is 0 Å². The standard InChI is InChI=1S/C10H11FN2O5S/c1-5-2-6(3-7(9(5)11)10(15)16)19(17,18)13-4-8(12)14/h2-3,13H,4H2,1H3,(H2,12,14)(H,15,16). The molecule has 0 unspecified atom stereocenters. The van der Waals surface area contributed by atoms with Gasteiger partial charge in [0.05, 0.1) is 17.0 Å². The van der Waals surface area contributed by atoms with Gasteiger partial charge >= 0.3 is 5.97 Å². The van der Waals surface area contributed by atoms with Crippen LogP contribution in [0.15, 0.2) is 17.0 Å². The summed E-state index contributed by atoms with van der Waals surface area (Å²) in [6.07, 6.45) is 0. The Balaban J connectivity index is 3.28. The lowest BCUT2D eigenvalue weighted by atomic mass is 10.1. The van der Waals surface area contributed by atoms with Gasteiger partial charge in [0.1, 0.15) is 5.82 Å². The molecule has 0 bridgehead atoms. The first-order valence-corrected chi connectivity index (χ1v) is 6.45. The van der Waals surface area contributed by atoms with Crippen LogP contribution in [0.2, 0.25) is 0 Å². The molecule has 1 aromatic rings. The molecule has 19 heavy (non-hydrogen) atoms. The van der Waals surface area contributed by atoms with Gasteiger partial charge in [-0.3, -0.25) is 4.79 Å². The van der Waals surface area contributed by atoms with E-state index < -0.39 is 44.7 Å². The molecule has 0 aromatic heterocycles. The Morgan fingerprint density at radius 2 is 2.00 bits per heavy atom. The molecule has 4 N–H and O–H groups in total. The number of carboxylic acid groups (broad SMARTS) is 1. The molecule has 1 amide bonds. The maximum Gasteiger partial charge on any atom is 0.338 e. The molecule has 104 valence electrons. The highest BCUT2D eigenvalue weighted by Crippen LogP contribution is 2.19. The van der Waals surface area contributed by atoms with Crippen molar-refractivity contribution in [2.75, 3.05) is 6.54 Å². The molecule has 0 spiro atoms. The number of hydrogen-bond donors (Lipinski definition) is 3. The van der Waals surface area contributed by atoms with E-state index in [-0.39, 0.29) is 5.56 Å². The maximum atomic E-state index is 13.5. The van der Waals surface area contributed by atoms with Crippen LogP contribution in [-0.2, 0) is 14.8 Å². The number of halogens is 1. The predicted octanol–water partition coefficient (Wildman–Crippen LogP) is -0.404. The van der Waals surface area contributed by atoms with E-state index >= 15 is 0 Å². The molecule has 9 heteroatoms. The molecular formula is C10H11FN2O5S. The Hall–Kier alpha value is -2.00. The van der Waals surface area contributed by atoms with Crippen molar-refractivity contribution in [1.82, 2.24) is 4.72 Å². The molecule has 0 aliphatic heterocycles. The van der Waals surface area contributed by atoms with Gasteiger partial charge in [-0.15, -0.1) is 0 Å². The van der Waals surface area contributed by atoms with Gasteiger partial charge in [-0.1, -0.05) is 0 Å². The van der Waals surface area contributed by atoms with Crippen LogP contribution in [0, 0.1) is 12.7 Å². The van der Waals surface area contributed by atoms with E-state index in [0.29, 0.717) is 6.07 Å². The number of carbonyl (C=O) groups excluding carboxylic acids is 1. The molecule has 0 saturated carbocycles. The summed E-state index contributed by atoms with van der Waals surface area (Å²) in [5.41, 5.74) is 3.89. The van der Waals surface area contributed by atoms with Crippen molar-refractivity contribution in [1.29, 1.82) is 0 Å². The van der Waals surface area contributed by atoms with Gasteiger partial charge in [0, 0.05) is 0 Å². The number of sulfonamides is 1. The number of rotatable bonds is 5. The lowest BCUT2D eigenvalue weighted by Gasteiger charge is -2.08. The monoisotopic (exact) mass is 290 g/mol. The van der Waals surface area contributed by atoms with E-state index in [2.05, 4.69) is 0 Å². The SMILES string of the molecule is Cc1cc(S(=O)(=O)NCC(N)=O)cc(C(=O)O)c1F. The van der Waals surface area contributed by atoms with E-state index in [1.807, 2.05) is 4.72 Å². The number of aryl methyl sites for hydroxylation is 1. The third-order valence-corrected chi connectivity index (χ3v) is 3.59. The van der Waals surface area contributed by atoms with Crippen LogP contribution < -0.4 is 10.5 Å². The fraction of sp³-hybridized carbons (Fsp3) is 0.200. The van der Waals surface area contributed by atoms with Crippen molar-refractivity contribution in [3.63, 3.8) is 0 Å². The van der Waals surface area contributed by atoms with Crippen LogP contribution in [0.1, 0.15) is 15.9 Å². The summed E-state index contributed by atoms with van der Waals surface area (Å²) in [6, 6.07) is 1.64. The molecule has 0 saturated heterocycles. The summed E-state index contributed by atoms with van der Waals surface area (Å²) in [6.45, 7) is 0.593. The predicted molar refractivity (Wildman–Crippen MR) is 62.5 cm³/mol. The zero-order valence-electron chi connectivity index (χ0n) is 9.81. The molecule has 0 aliphatic rings. The first-order valence-electron chi connectivity index (χ1n) is 4.96. The largest absolute Gasteiger partial charge is 0.478 e. The average Bonchev–Trinajstić information content (AvgIpc) is 2.29. The maximum absolute atomic E-state index is 13.5. The number of hydrogen-bond acceptors (Lipinski definition) is 4. The minimum Gasteiger partial charge on any atom is -0.478 e. The van der Waals surface area contributed by atoms with E-state index in [4.69, 9.17) is 10.8 Å². The number of carboxylic acids is 1. The number of carbonyl (C=O) groups is 2. The molecule has 0 aliphatic carbocycles. The normalized spacial score (nSPS) is 11.3. The molecule has 1 rings (SSSR count). The quantitative estimate of drug-likeness (QED) is 0.679. The summed E-state index contributed by atoms with van der Waals surface area (Å²) in [4.78, 5) is 20.9. The Morgan fingerprint density at radius 1 is 1.42 bits per heavy atom. The van der Waals surface area contributed by atoms with Crippen LogP contribution in [0.5, 0.6) is 0 Å². The smallest absolute Gasteiger partial charge is 0.338 e. The zero-order valence-corrected chi connectivity index (χ0v) is 10.6. The number of benzene rings is 1. The lowest BCUT2D eigenvalue weighted by Crippen LogP contribution is -2.33. The van der Waals surface area contributed by atoms with Gasteiger partial charge in [0.2, 0.25) is 15.9 Å². The summed E-state index contributed by atoms with van der Waals surface area (Å²) >= 11 is 0. The highest BCUT2D eigenvalue weighted by molar-refractivity contribution is 7.89. The van der Waals surface area contributed by atoms with E-state index in [9.17, 15) is 22.4 Å². The van der Waals surface area contributed by atoms with E-state index in [1.54, 1.807) is 0 Å². The minimum atomic E-state index is -4.13. The van der Waals surface area contributed by atoms with Gasteiger partial charge in [0.25, 0.3) is 0 Å². The first-order chi connectivity index (χ1) is 8.65. The molecule has 0 heterocycles. The van der Waals surface area contributed by atoms with Crippen LogP contribution in [0.3, 0.4) is 0 Å². The van der Waals surface area contributed by atoms with Crippen molar-refractivity contribution in [2.45, 2.75) is 11.8 Å². The van der Waals surface area contributed by atoms with Crippen molar-refractivity contribution >= 4 is 21.9 Å². The summed E-state index contributed by atoms with van der Waals surface area (Å²) < 4.78 is 38.8. The van der Waals surface area contributed by atoms with Gasteiger partial charge < -0.3 is 10.8 Å². The van der Waals surface area contributed by atoms with Crippen molar-refractivity contribution in [2.24, 2.45) is 5.73 Å². The number of aromatic carboxylic acids is 1.